The second kappa shape index (κ2) is 6.86. The van der Waals surface area contributed by atoms with Crippen molar-refractivity contribution in [1.82, 2.24) is 10.3 Å². The average molecular weight is 324 g/mol. The summed E-state index contributed by atoms with van der Waals surface area (Å²) < 4.78 is 0. The van der Waals surface area contributed by atoms with Crippen molar-refractivity contribution in [1.29, 1.82) is 0 Å². The average Bonchev–Trinajstić information content (AvgIpc) is 2.57. The largest absolute Gasteiger partial charge is 0.506 e. The normalized spacial score (nSPS) is 12.4. The van der Waals surface area contributed by atoms with Gasteiger partial charge in [0.1, 0.15) is 5.75 Å². The molecule has 0 spiro atoms. The molecule has 0 saturated heterocycles. The number of rotatable bonds is 5. The number of hydrogen-bond donors (Lipinski definition) is 4. The lowest BCUT2D eigenvalue weighted by Gasteiger charge is -2.15. The third-order valence-electron chi connectivity index (χ3n) is 4.05. The third-order valence-corrected chi connectivity index (χ3v) is 4.05. The second-order valence-corrected chi connectivity index (χ2v) is 5.92. The van der Waals surface area contributed by atoms with Crippen molar-refractivity contribution >= 4 is 10.9 Å². The Hall–Kier alpha value is -2.63. The maximum Gasteiger partial charge on any atom is 0.248 e. The maximum absolute atomic E-state index is 11.4. The minimum Gasteiger partial charge on any atom is -0.506 e. The number of aliphatic hydroxyl groups excluding tert-OH is 1. The highest BCUT2D eigenvalue weighted by molar-refractivity contribution is 5.87. The molecule has 0 fully saturated rings. The Bertz CT molecular complexity index is 901. The number of phenolic OH excluding ortho intramolecular Hbond substituents is 1. The summed E-state index contributed by atoms with van der Waals surface area (Å²) in [4.78, 5) is 14.0. The molecule has 1 unspecified atom stereocenters. The fourth-order valence-corrected chi connectivity index (χ4v) is 2.72. The summed E-state index contributed by atoms with van der Waals surface area (Å²) in [5, 5.41) is 24.2. The monoisotopic (exact) mass is 324 g/mol. The van der Waals surface area contributed by atoms with Crippen LogP contribution >= 0.6 is 0 Å². The zero-order chi connectivity index (χ0) is 17.1. The van der Waals surface area contributed by atoms with Crippen LogP contribution in [0.5, 0.6) is 5.75 Å². The quantitative estimate of drug-likeness (QED) is 0.580. The van der Waals surface area contributed by atoms with Crippen LogP contribution in [0.15, 0.2) is 53.3 Å². The number of aryl methyl sites for hydroxylation is 1. The Morgan fingerprint density at radius 3 is 2.58 bits per heavy atom. The molecule has 0 bridgehead atoms. The van der Waals surface area contributed by atoms with Gasteiger partial charge in [-0.3, -0.25) is 4.79 Å². The van der Waals surface area contributed by atoms with Crippen LogP contribution < -0.4 is 10.9 Å². The second-order valence-electron chi connectivity index (χ2n) is 5.92. The Kier molecular flexibility index (Phi) is 4.64. The lowest BCUT2D eigenvalue weighted by atomic mass is 10.0. The Morgan fingerprint density at radius 1 is 1.08 bits per heavy atom. The first kappa shape index (κ1) is 16.2. The molecule has 1 aromatic heterocycles. The van der Waals surface area contributed by atoms with E-state index >= 15 is 0 Å². The summed E-state index contributed by atoms with van der Waals surface area (Å²) in [5.41, 5.74) is 3.08. The predicted octanol–water partition coefficient (Wildman–Crippen LogP) is 2.37. The van der Waals surface area contributed by atoms with Crippen molar-refractivity contribution in [3.05, 3.63) is 75.6 Å². The van der Waals surface area contributed by atoms with E-state index in [2.05, 4.69) is 34.6 Å². The van der Waals surface area contributed by atoms with Crippen LogP contribution in [0.25, 0.3) is 10.9 Å². The van der Waals surface area contributed by atoms with E-state index in [1.54, 1.807) is 12.1 Å². The van der Waals surface area contributed by atoms with Crippen molar-refractivity contribution in [3.8, 4) is 5.75 Å². The van der Waals surface area contributed by atoms with Crippen molar-refractivity contribution in [2.24, 2.45) is 0 Å². The first-order chi connectivity index (χ1) is 11.5. The fourth-order valence-electron chi connectivity index (χ4n) is 2.72. The van der Waals surface area contributed by atoms with Gasteiger partial charge in [0.25, 0.3) is 0 Å². The van der Waals surface area contributed by atoms with Gasteiger partial charge in [-0.1, -0.05) is 35.9 Å². The van der Waals surface area contributed by atoms with E-state index in [1.165, 1.54) is 17.7 Å². The molecule has 124 valence electrons. The van der Waals surface area contributed by atoms with E-state index in [0.717, 1.165) is 5.56 Å². The van der Waals surface area contributed by atoms with Crippen LogP contribution in [-0.4, -0.2) is 21.7 Å². The lowest BCUT2D eigenvalue weighted by Crippen LogP contribution is -2.21. The first-order valence-electron chi connectivity index (χ1n) is 7.84. The summed E-state index contributed by atoms with van der Waals surface area (Å²) in [6, 6.07) is 14.4. The van der Waals surface area contributed by atoms with Gasteiger partial charge in [-0.25, -0.2) is 0 Å². The molecule has 5 nitrogen and oxygen atoms in total. The number of aromatic nitrogens is 1. The summed E-state index contributed by atoms with van der Waals surface area (Å²) in [6.07, 6.45) is -0.746. The highest BCUT2D eigenvalue weighted by atomic mass is 16.3. The molecule has 1 atom stereocenters. The molecule has 0 radical (unpaired) electrons. The molecule has 4 N–H and O–H groups in total. The number of phenols is 1. The van der Waals surface area contributed by atoms with E-state index < -0.39 is 6.10 Å². The molecule has 0 aliphatic rings. The Labute approximate surface area is 139 Å². The number of H-pyrrole nitrogens is 1. The van der Waals surface area contributed by atoms with Crippen molar-refractivity contribution in [2.45, 2.75) is 19.6 Å². The van der Waals surface area contributed by atoms with E-state index in [9.17, 15) is 15.0 Å². The predicted molar refractivity (Wildman–Crippen MR) is 94.1 cm³/mol. The van der Waals surface area contributed by atoms with E-state index in [-0.39, 0.29) is 11.3 Å². The van der Waals surface area contributed by atoms with Gasteiger partial charge < -0.3 is 20.5 Å². The summed E-state index contributed by atoms with van der Waals surface area (Å²) >= 11 is 0. The first-order valence-corrected chi connectivity index (χ1v) is 7.84. The van der Waals surface area contributed by atoms with Gasteiger partial charge in [0.05, 0.1) is 11.6 Å². The maximum atomic E-state index is 11.4. The number of aliphatic hydroxyl groups is 1. The zero-order valence-corrected chi connectivity index (χ0v) is 13.4. The van der Waals surface area contributed by atoms with Gasteiger partial charge in [-0.15, -0.1) is 0 Å². The number of fused-ring (bicyclic) bond motifs is 1. The van der Waals surface area contributed by atoms with Crippen LogP contribution in [0, 0.1) is 6.92 Å². The summed E-state index contributed by atoms with van der Waals surface area (Å²) in [7, 11) is 0. The highest BCUT2D eigenvalue weighted by Gasteiger charge is 2.13. The molecule has 3 rings (SSSR count). The lowest BCUT2D eigenvalue weighted by molar-refractivity contribution is 0.176. The SMILES string of the molecule is Cc1ccc(CNCC(O)c2ccc(O)c3[nH]c(=O)ccc23)cc1. The number of nitrogens with one attached hydrogen (secondary N) is 2. The molecule has 1 heterocycles. The Balaban J connectivity index is 1.74. The fraction of sp³-hybridized carbons (Fsp3) is 0.211. The van der Waals surface area contributed by atoms with E-state index in [1.807, 2.05) is 6.92 Å². The topological polar surface area (TPSA) is 85.3 Å². The van der Waals surface area contributed by atoms with Gasteiger partial charge in [0, 0.05) is 24.5 Å². The molecule has 0 aliphatic carbocycles. The highest BCUT2D eigenvalue weighted by Crippen LogP contribution is 2.28. The molecular formula is C19H20N2O3. The van der Waals surface area contributed by atoms with Crippen LogP contribution in [0.2, 0.25) is 0 Å². The molecule has 24 heavy (non-hydrogen) atoms. The van der Waals surface area contributed by atoms with Crippen LogP contribution in [0.1, 0.15) is 22.8 Å². The molecule has 0 amide bonds. The van der Waals surface area contributed by atoms with Gasteiger partial charge >= 0.3 is 0 Å². The number of benzene rings is 2. The smallest absolute Gasteiger partial charge is 0.248 e. The minimum absolute atomic E-state index is 0.00809. The van der Waals surface area contributed by atoms with Gasteiger partial charge in [-0.2, -0.15) is 0 Å². The summed E-state index contributed by atoms with van der Waals surface area (Å²) in [6.45, 7) is 3.07. The van der Waals surface area contributed by atoms with Crippen LogP contribution in [0.3, 0.4) is 0 Å². The Morgan fingerprint density at radius 2 is 1.83 bits per heavy atom. The molecule has 0 saturated carbocycles. The van der Waals surface area contributed by atoms with Gasteiger partial charge in [-0.05, 0) is 30.2 Å². The molecule has 2 aromatic carbocycles. The minimum atomic E-state index is -0.746. The van der Waals surface area contributed by atoms with Gasteiger partial charge in [0.15, 0.2) is 0 Å². The molecule has 5 heteroatoms. The van der Waals surface area contributed by atoms with Crippen molar-refractivity contribution < 1.29 is 10.2 Å². The molecule has 0 aliphatic heterocycles. The van der Waals surface area contributed by atoms with Crippen molar-refractivity contribution in [3.63, 3.8) is 0 Å². The third kappa shape index (κ3) is 3.48. The summed E-state index contributed by atoms with van der Waals surface area (Å²) in [5.74, 6) is -0.00809. The van der Waals surface area contributed by atoms with Crippen molar-refractivity contribution in [2.75, 3.05) is 6.54 Å². The van der Waals surface area contributed by atoms with Crippen LogP contribution in [0.4, 0.5) is 0 Å². The zero-order valence-electron chi connectivity index (χ0n) is 13.4. The number of hydrogen-bond acceptors (Lipinski definition) is 4. The van der Waals surface area contributed by atoms with Crippen LogP contribution in [-0.2, 0) is 6.54 Å². The standard InChI is InChI=1S/C19H20N2O3/c1-12-2-4-13(5-3-12)10-20-11-17(23)14-6-8-16(22)19-15(14)7-9-18(24)21-19/h2-9,17,20,22-23H,10-11H2,1H3,(H,21,24). The molecular weight excluding hydrogens is 304 g/mol. The van der Waals surface area contributed by atoms with E-state index in [0.29, 0.717) is 29.6 Å². The van der Waals surface area contributed by atoms with E-state index in [4.69, 9.17) is 0 Å². The number of aromatic amines is 1. The van der Waals surface area contributed by atoms with Gasteiger partial charge in [0.2, 0.25) is 5.56 Å². The number of pyridine rings is 1. The number of aromatic hydroxyl groups is 1. The molecule has 3 aromatic rings.